The van der Waals surface area contributed by atoms with Crippen LogP contribution in [-0.2, 0) is 4.79 Å². The lowest BCUT2D eigenvalue weighted by atomic mass is 10.0. The van der Waals surface area contributed by atoms with Gasteiger partial charge in [0.2, 0.25) is 0 Å². The number of carbonyl (C=O) groups excluding carboxylic acids is 1. The monoisotopic (exact) mass is 358 g/mol. The molecule has 3 atom stereocenters. The largest absolute Gasteiger partial charge is 0.480 e. The van der Waals surface area contributed by atoms with E-state index in [1.165, 1.54) is 18.2 Å². The highest BCUT2D eigenvalue weighted by Gasteiger charge is 2.23. The zero-order valence-electron chi connectivity index (χ0n) is 12.2. The predicted molar refractivity (Wildman–Crippen MR) is 82.8 cm³/mol. The third kappa shape index (κ3) is 4.68. The molecule has 1 aliphatic rings. The fourth-order valence-corrected chi connectivity index (χ4v) is 2.84. The SMILES string of the molecule is CC1CC(NC(=O)C(C)Oc2ccc(F)cc2Br)CCN1. The molecule has 1 saturated heterocycles. The lowest BCUT2D eigenvalue weighted by Gasteiger charge is -2.29. The van der Waals surface area contributed by atoms with Crippen LogP contribution >= 0.6 is 15.9 Å². The van der Waals surface area contributed by atoms with Gasteiger partial charge in [-0.15, -0.1) is 0 Å². The molecule has 0 bridgehead atoms. The summed E-state index contributed by atoms with van der Waals surface area (Å²) in [4.78, 5) is 12.2. The van der Waals surface area contributed by atoms with Gasteiger partial charge in [0.15, 0.2) is 6.10 Å². The molecule has 0 spiro atoms. The van der Waals surface area contributed by atoms with E-state index in [9.17, 15) is 9.18 Å². The van der Waals surface area contributed by atoms with Gasteiger partial charge >= 0.3 is 0 Å². The van der Waals surface area contributed by atoms with E-state index in [1.54, 1.807) is 6.92 Å². The molecule has 0 aromatic heterocycles. The van der Waals surface area contributed by atoms with E-state index < -0.39 is 6.10 Å². The van der Waals surface area contributed by atoms with Gasteiger partial charge in [0.05, 0.1) is 4.47 Å². The smallest absolute Gasteiger partial charge is 0.260 e. The number of rotatable bonds is 4. The summed E-state index contributed by atoms with van der Waals surface area (Å²) >= 11 is 3.23. The quantitative estimate of drug-likeness (QED) is 0.869. The Morgan fingerprint density at radius 3 is 3.00 bits per heavy atom. The fourth-order valence-electron chi connectivity index (χ4n) is 2.40. The molecule has 1 aliphatic heterocycles. The third-order valence-electron chi connectivity index (χ3n) is 3.54. The number of nitrogens with one attached hydrogen (secondary N) is 2. The zero-order valence-corrected chi connectivity index (χ0v) is 13.7. The summed E-state index contributed by atoms with van der Waals surface area (Å²) in [6.07, 6.45) is 1.21. The molecule has 0 saturated carbocycles. The first-order valence-electron chi connectivity index (χ1n) is 7.11. The van der Waals surface area contributed by atoms with Crippen LogP contribution < -0.4 is 15.4 Å². The fraction of sp³-hybridized carbons (Fsp3) is 0.533. The summed E-state index contributed by atoms with van der Waals surface area (Å²) in [5.74, 6) is -0.0434. The van der Waals surface area contributed by atoms with Crippen LogP contribution in [0.2, 0.25) is 0 Å². The molecular weight excluding hydrogens is 339 g/mol. The summed E-state index contributed by atoms with van der Waals surface area (Å²) in [6.45, 7) is 4.70. The minimum Gasteiger partial charge on any atom is -0.480 e. The van der Waals surface area contributed by atoms with Crippen LogP contribution in [0.25, 0.3) is 0 Å². The number of carbonyl (C=O) groups is 1. The number of piperidine rings is 1. The Morgan fingerprint density at radius 1 is 1.57 bits per heavy atom. The molecule has 2 N–H and O–H groups in total. The van der Waals surface area contributed by atoms with Gasteiger partial charge in [-0.05, 0) is 67.4 Å². The van der Waals surface area contributed by atoms with Gasteiger partial charge in [0.1, 0.15) is 11.6 Å². The van der Waals surface area contributed by atoms with E-state index in [1.807, 2.05) is 0 Å². The Hall–Kier alpha value is -1.14. The topological polar surface area (TPSA) is 50.4 Å². The lowest BCUT2D eigenvalue weighted by molar-refractivity contribution is -0.128. The van der Waals surface area contributed by atoms with Crippen molar-refractivity contribution in [2.45, 2.75) is 44.9 Å². The molecular formula is C15H20BrFN2O2. The molecule has 21 heavy (non-hydrogen) atoms. The minimum atomic E-state index is -0.628. The van der Waals surface area contributed by atoms with Gasteiger partial charge in [0, 0.05) is 12.1 Å². The van der Waals surface area contributed by atoms with E-state index in [0.29, 0.717) is 16.3 Å². The highest BCUT2D eigenvalue weighted by atomic mass is 79.9. The van der Waals surface area contributed by atoms with Crippen molar-refractivity contribution in [2.75, 3.05) is 6.54 Å². The van der Waals surface area contributed by atoms with Gasteiger partial charge in [-0.2, -0.15) is 0 Å². The number of ether oxygens (including phenoxy) is 1. The van der Waals surface area contributed by atoms with Gasteiger partial charge in [0.25, 0.3) is 5.91 Å². The number of hydrogen-bond acceptors (Lipinski definition) is 3. The maximum atomic E-state index is 13.0. The van der Waals surface area contributed by atoms with Crippen molar-refractivity contribution in [3.63, 3.8) is 0 Å². The third-order valence-corrected chi connectivity index (χ3v) is 4.16. The Kier molecular flexibility index (Phi) is 5.58. The predicted octanol–water partition coefficient (Wildman–Crippen LogP) is 2.61. The first-order valence-corrected chi connectivity index (χ1v) is 7.90. The zero-order chi connectivity index (χ0) is 15.4. The molecule has 2 rings (SSSR count). The van der Waals surface area contributed by atoms with E-state index in [0.717, 1.165) is 19.4 Å². The van der Waals surface area contributed by atoms with Crippen molar-refractivity contribution in [1.29, 1.82) is 0 Å². The molecule has 0 radical (unpaired) electrons. The maximum absolute atomic E-state index is 13.0. The van der Waals surface area contributed by atoms with Gasteiger partial charge in [-0.1, -0.05) is 0 Å². The van der Waals surface area contributed by atoms with Crippen LogP contribution in [0.1, 0.15) is 26.7 Å². The van der Waals surface area contributed by atoms with Gasteiger partial charge < -0.3 is 15.4 Å². The van der Waals surface area contributed by atoms with E-state index in [-0.39, 0.29) is 17.8 Å². The van der Waals surface area contributed by atoms with Crippen LogP contribution in [0.15, 0.2) is 22.7 Å². The van der Waals surface area contributed by atoms with Crippen molar-refractivity contribution in [3.05, 3.63) is 28.5 Å². The highest BCUT2D eigenvalue weighted by Crippen LogP contribution is 2.26. The average molecular weight is 359 g/mol. The minimum absolute atomic E-state index is 0.148. The summed E-state index contributed by atoms with van der Waals surface area (Å²) in [7, 11) is 0. The highest BCUT2D eigenvalue weighted by molar-refractivity contribution is 9.10. The van der Waals surface area contributed by atoms with E-state index in [2.05, 4.69) is 33.5 Å². The molecule has 1 amide bonds. The van der Waals surface area contributed by atoms with E-state index in [4.69, 9.17) is 4.74 Å². The van der Waals surface area contributed by atoms with E-state index >= 15 is 0 Å². The molecule has 4 nitrogen and oxygen atoms in total. The molecule has 116 valence electrons. The van der Waals surface area contributed by atoms with Crippen LogP contribution in [-0.4, -0.2) is 30.6 Å². The molecule has 1 aromatic rings. The molecule has 1 aromatic carbocycles. The van der Waals surface area contributed by atoms with Crippen molar-refractivity contribution in [2.24, 2.45) is 0 Å². The first kappa shape index (κ1) is 16.2. The van der Waals surface area contributed by atoms with Gasteiger partial charge in [-0.3, -0.25) is 4.79 Å². The number of hydrogen-bond donors (Lipinski definition) is 2. The Balaban J connectivity index is 1.90. The summed E-state index contributed by atoms with van der Waals surface area (Å²) in [5.41, 5.74) is 0. The number of amides is 1. The van der Waals surface area contributed by atoms with Crippen molar-refractivity contribution < 1.29 is 13.9 Å². The summed E-state index contributed by atoms with van der Waals surface area (Å²) < 4.78 is 19.1. The van der Waals surface area contributed by atoms with Crippen LogP contribution in [0.3, 0.4) is 0 Å². The Labute approximate surface area is 132 Å². The Morgan fingerprint density at radius 2 is 2.33 bits per heavy atom. The second-order valence-corrected chi connectivity index (χ2v) is 6.27. The molecule has 6 heteroatoms. The lowest BCUT2D eigenvalue weighted by Crippen LogP contribution is -2.49. The van der Waals surface area contributed by atoms with Crippen LogP contribution in [0.4, 0.5) is 4.39 Å². The van der Waals surface area contributed by atoms with Crippen LogP contribution in [0, 0.1) is 5.82 Å². The normalized spacial score (nSPS) is 23.4. The summed E-state index contributed by atoms with van der Waals surface area (Å²) in [5, 5.41) is 6.35. The molecule has 1 heterocycles. The molecule has 1 fully saturated rings. The molecule has 3 unspecified atom stereocenters. The Bertz CT molecular complexity index is 512. The maximum Gasteiger partial charge on any atom is 0.260 e. The number of halogens is 2. The van der Waals surface area contributed by atoms with Crippen molar-refractivity contribution in [3.8, 4) is 5.75 Å². The van der Waals surface area contributed by atoms with Crippen molar-refractivity contribution in [1.82, 2.24) is 10.6 Å². The van der Waals surface area contributed by atoms with Crippen LogP contribution in [0.5, 0.6) is 5.75 Å². The van der Waals surface area contributed by atoms with Gasteiger partial charge in [-0.25, -0.2) is 4.39 Å². The van der Waals surface area contributed by atoms with Crippen molar-refractivity contribution >= 4 is 21.8 Å². The average Bonchev–Trinajstić information content (AvgIpc) is 2.41. The number of benzene rings is 1. The summed E-state index contributed by atoms with van der Waals surface area (Å²) in [6, 6.07) is 4.71. The standard InChI is InChI=1S/C15H20BrFN2O2/c1-9-7-12(5-6-18-9)19-15(20)10(2)21-14-4-3-11(17)8-13(14)16/h3-4,8-10,12,18H,5-7H2,1-2H3,(H,19,20). The second kappa shape index (κ2) is 7.22. The second-order valence-electron chi connectivity index (χ2n) is 5.42. The molecule has 0 aliphatic carbocycles. The first-order chi connectivity index (χ1) is 9.95.